The van der Waals surface area contributed by atoms with Crippen LogP contribution in [0.5, 0.6) is 0 Å². The number of carboxylic acids is 1. The summed E-state index contributed by atoms with van der Waals surface area (Å²) in [5, 5.41) is 9.37. The van der Waals surface area contributed by atoms with Crippen LogP contribution in [0.4, 0.5) is 5.69 Å². The Morgan fingerprint density at radius 3 is 2.52 bits per heavy atom. The number of para-hydroxylation sites is 1. The van der Waals surface area contributed by atoms with Gasteiger partial charge in [-0.3, -0.25) is 4.79 Å². The lowest BCUT2D eigenvalue weighted by Gasteiger charge is -2.40. The summed E-state index contributed by atoms with van der Waals surface area (Å²) in [6.07, 6.45) is 0.897. The zero-order valence-corrected chi connectivity index (χ0v) is 11.6. The topological polar surface area (TPSA) is 66.6 Å². The lowest BCUT2D eigenvalue weighted by Crippen LogP contribution is -2.49. The minimum absolute atomic E-state index is 0.338. The monoisotopic (exact) mass is 282 g/mol. The third-order valence-corrected chi connectivity index (χ3v) is 4.04. The number of carboxylic acid groups (broad SMARTS) is 1. The molecule has 0 aliphatic carbocycles. The number of benzene rings is 2. The summed E-state index contributed by atoms with van der Waals surface area (Å²) in [6.45, 7) is 0.771. The van der Waals surface area contributed by atoms with E-state index in [0.717, 1.165) is 24.2 Å². The molecule has 0 radical (unpaired) electrons. The van der Waals surface area contributed by atoms with Gasteiger partial charge in [-0.2, -0.15) is 0 Å². The summed E-state index contributed by atoms with van der Waals surface area (Å²) in [4.78, 5) is 13.5. The highest BCUT2D eigenvalue weighted by Gasteiger charge is 2.35. The fourth-order valence-corrected chi connectivity index (χ4v) is 3.03. The molecule has 0 amide bonds. The molecule has 2 aromatic carbocycles. The molecule has 0 unspecified atom stereocenters. The maximum Gasteiger partial charge on any atom is 0.322 e. The van der Waals surface area contributed by atoms with Crippen LogP contribution in [-0.2, 0) is 11.2 Å². The maximum atomic E-state index is 11.4. The normalized spacial score (nSPS) is 18.9. The molecule has 0 aromatic heterocycles. The van der Waals surface area contributed by atoms with Crippen molar-refractivity contribution < 1.29 is 9.90 Å². The van der Waals surface area contributed by atoms with Gasteiger partial charge < -0.3 is 15.7 Å². The van der Waals surface area contributed by atoms with Crippen LogP contribution in [0.2, 0.25) is 0 Å². The predicted molar refractivity (Wildman–Crippen MR) is 82.3 cm³/mol. The number of hydrogen-bond donors (Lipinski definition) is 2. The molecule has 1 aliphatic heterocycles. The van der Waals surface area contributed by atoms with Crippen molar-refractivity contribution in [2.24, 2.45) is 5.73 Å². The van der Waals surface area contributed by atoms with Gasteiger partial charge >= 0.3 is 5.97 Å². The van der Waals surface area contributed by atoms with Gasteiger partial charge in [0.1, 0.15) is 6.04 Å². The minimum atomic E-state index is -0.974. The number of nitrogens with two attached hydrogens (primary N) is 1. The molecule has 2 aromatic rings. The van der Waals surface area contributed by atoms with Crippen molar-refractivity contribution in [3.05, 3.63) is 65.7 Å². The van der Waals surface area contributed by atoms with Crippen molar-refractivity contribution >= 4 is 11.7 Å². The SMILES string of the molecule is N[C@H](C(=O)O)[C@@H]1c2ccccc2CCN1c1ccccc1. The number of nitrogens with zero attached hydrogens (tertiary/aromatic N) is 1. The van der Waals surface area contributed by atoms with E-state index >= 15 is 0 Å². The highest BCUT2D eigenvalue weighted by Crippen LogP contribution is 2.35. The summed E-state index contributed by atoms with van der Waals surface area (Å²) in [7, 11) is 0. The molecule has 4 heteroatoms. The van der Waals surface area contributed by atoms with Crippen LogP contribution in [0.3, 0.4) is 0 Å². The Morgan fingerprint density at radius 2 is 1.81 bits per heavy atom. The first-order valence-electron chi connectivity index (χ1n) is 7.06. The Kier molecular flexibility index (Phi) is 3.62. The summed E-state index contributed by atoms with van der Waals surface area (Å²) >= 11 is 0. The first-order chi connectivity index (χ1) is 10.2. The average Bonchev–Trinajstić information content (AvgIpc) is 2.53. The number of anilines is 1. The molecule has 1 aliphatic rings. The van der Waals surface area contributed by atoms with E-state index in [2.05, 4.69) is 11.0 Å². The van der Waals surface area contributed by atoms with Crippen molar-refractivity contribution in [1.29, 1.82) is 0 Å². The van der Waals surface area contributed by atoms with Crippen LogP contribution in [0, 0.1) is 0 Å². The minimum Gasteiger partial charge on any atom is -0.480 e. The van der Waals surface area contributed by atoms with Crippen LogP contribution >= 0.6 is 0 Å². The van der Waals surface area contributed by atoms with E-state index in [1.165, 1.54) is 5.56 Å². The van der Waals surface area contributed by atoms with Gasteiger partial charge in [-0.15, -0.1) is 0 Å². The smallest absolute Gasteiger partial charge is 0.322 e. The third-order valence-electron chi connectivity index (χ3n) is 4.04. The Hall–Kier alpha value is -2.33. The van der Waals surface area contributed by atoms with Gasteiger partial charge in [0.05, 0.1) is 6.04 Å². The van der Waals surface area contributed by atoms with Gasteiger partial charge in [-0.25, -0.2) is 0 Å². The lowest BCUT2D eigenvalue weighted by atomic mass is 9.88. The van der Waals surface area contributed by atoms with Gasteiger partial charge in [-0.05, 0) is 29.7 Å². The summed E-state index contributed by atoms with van der Waals surface area (Å²) in [6, 6.07) is 16.5. The largest absolute Gasteiger partial charge is 0.480 e. The molecule has 0 bridgehead atoms. The van der Waals surface area contributed by atoms with Crippen molar-refractivity contribution in [3.8, 4) is 0 Å². The summed E-state index contributed by atoms with van der Waals surface area (Å²) < 4.78 is 0. The zero-order valence-electron chi connectivity index (χ0n) is 11.6. The number of fused-ring (bicyclic) bond motifs is 1. The summed E-state index contributed by atoms with van der Waals surface area (Å²) in [5.74, 6) is -0.974. The van der Waals surface area contributed by atoms with Crippen LogP contribution in [0.1, 0.15) is 17.2 Å². The van der Waals surface area contributed by atoms with Gasteiger partial charge in [0.25, 0.3) is 0 Å². The Balaban J connectivity index is 2.07. The molecule has 0 saturated carbocycles. The van der Waals surface area contributed by atoms with Gasteiger partial charge in [0, 0.05) is 12.2 Å². The van der Waals surface area contributed by atoms with Crippen LogP contribution in [-0.4, -0.2) is 23.7 Å². The molecule has 2 atom stereocenters. The van der Waals surface area contributed by atoms with Crippen LogP contribution in [0.25, 0.3) is 0 Å². The number of aliphatic carboxylic acids is 1. The lowest BCUT2D eigenvalue weighted by molar-refractivity contribution is -0.139. The van der Waals surface area contributed by atoms with Crippen molar-refractivity contribution in [1.82, 2.24) is 0 Å². The van der Waals surface area contributed by atoms with Crippen LogP contribution < -0.4 is 10.6 Å². The zero-order chi connectivity index (χ0) is 14.8. The molecule has 108 valence electrons. The molecular weight excluding hydrogens is 264 g/mol. The number of hydrogen-bond acceptors (Lipinski definition) is 3. The standard InChI is InChI=1S/C17H18N2O2/c18-15(17(20)21)16-14-9-5-4-6-12(14)10-11-19(16)13-7-2-1-3-8-13/h1-9,15-16H,10-11,18H2,(H,20,21)/t15-,16-/m0/s1. The van der Waals surface area contributed by atoms with Gasteiger partial charge in [0.2, 0.25) is 0 Å². The number of rotatable bonds is 3. The quantitative estimate of drug-likeness (QED) is 0.905. The third kappa shape index (κ3) is 2.50. The van der Waals surface area contributed by atoms with E-state index in [-0.39, 0.29) is 6.04 Å². The molecule has 21 heavy (non-hydrogen) atoms. The molecular formula is C17H18N2O2. The van der Waals surface area contributed by atoms with E-state index in [1.54, 1.807) is 0 Å². The Bertz CT molecular complexity index is 642. The Labute approximate surface area is 123 Å². The van der Waals surface area contributed by atoms with E-state index < -0.39 is 12.0 Å². The molecule has 0 fully saturated rings. The second kappa shape index (κ2) is 5.58. The molecule has 1 heterocycles. The molecule has 3 rings (SSSR count). The molecule has 3 N–H and O–H groups in total. The molecule has 0 spiro atoms. The molecule has 4 nitrogen and oxygen atoms in total. The van der Waals surface area contributed by atoms with Gasteiger partial charge in [0.15, 0.2) is 0 Å². The highest BCUT2D eigenvalue weighted by atomic mass is 16.4. The highest BCUT2D eigenvalue weighted by molar-refractivity contribution is 5.76. The fourth-order valence-electron chi connectivity index (χ4n) is 3.03. The average molecular weight is 282 g/mol. The fraction of sp³-hybridized carbons (Fsp3) is 0.235. The van der Waals surface area contributed by atoms with Crippen molar-refractivity contribution in [2.75, 3.05) is 11.4 Å². The Morgan fingerprint density at radius 1 is 1.14 bits per heavy atom. The van der Waals surface area contributed by atoms with E-state index in [1.807, 2.05) is 48.5 Å². The maximum absolute atomic E-state index is 11.4. The van der Waals surface area contributed by atoms with Crippen molar-refractivity contribution in [3.63, 3.8) is 0 Å². The molecule has 0 saturated heterocycles. The second-order valence-corrected chi connectivity index (χ2v) is 5.29. The van der Waals surface area contributed by atoms with Gasteiger partial charge in [-0.1, -0.05) is 42.5 Å². The van der Waals surface area contributed by atoms with E-state index in [9.17, 15) is 9.90 Å². The van der Waals surface area contributed by atoms with Crippen molar-refractivity contribution in [2.45, 2.75) is 18.5 Å². The summed E-state index contributed by atoms with van der Waals surface area (Å²) in [5.41, 5.74) is 9.20. The first-order valence-corrected chi connectivity index (χ1v) is 7.06. The van der Waals surface area contributed by atoms with E-state index in [0.29, 0.717) is 0 Å². The van der Waals surface area contributed by atoms with E-state index in [4.69, 9.17) is 5.73 Å². The van der Waals surface area contributed by atoms with Crippen LogP contribution in [0.15, 0.2) is 54.6 Å². The number of carbonyl (C=O) groups is 1. The first kappa shape index (κ1) is 13.6. The predicted octanol–water partition coefficient (Wildman–Crippen LogP) is 2.20. The second-order valence-electron chi connectivity index (χ2n) is 5.29.